The topological polar surface area (TPSA) is 55.1 Å². The maximum Gasteiger partial charge on any atom is 0.354 e. The summed E-state index contributed by atoms with van der Waals surface area (Å²) in [7, 11) is 1.65. The molecule has 0 aliphatic rings. The Labute approximate surface area is 72.0 Å². The predicted octanol–water partition coefficient (Wildman–Crippen LogP) is 1.19. The van der Waals surface area contributed by atoms with Crippen LogP contribution < -0.4 is 0 Å². The number of carboxylic acids is 1. The van der Waals surface area contributed by atoms with Crippen LogP contribution in [0, 0.1) is 6.92 Å². The average Bonchev–Trinajstić information content (AvgIpc) is 2.07. The number of aromatic carboxylic acids is 1. The second-order valence-corrected chi connectivity index (χ2v) is 2.89. The van der Waals surface area contributed by atoms with E-state index in [0.717, 1.165) is 0 Å². The van der Waals surface area contributed by atoms with E-state index >= 15 is 0 Å². The first-order valence-electron chi connectivity index (χ1n) is 2.96. The molecule has 5 heteroatoms. The quantitative estimate of drug-likeness (QED) is 0.771. The SMILES string of the molecule is Cc1nc(Br)n(C)c1C(=O)O. The summed E-state index contributed by atoms with van der Waals surface area (Å²) in [6, 6.07) is 0. The molecule has 0 aromatic carbocycles. The molecule has 1 aromatic heterocycles. The lowest BCUT2D eigenvalue weighted by atomic mass is 10.3. The van der Waals surface area contributed by atoms with Gasteiger partial charge in [0, 0.05) is 7.05 Å². The highest BCUT2D eigenvalue weighted by molar-refractivity contribution is 9.10. The summed E-state index contributed by atoms with van der Waals surface area (Å²) in [4.78, 5) is 14.5. The number of carboxylic acid groups (broad SMARTS) is 1. The third kappa shape index (κ3) is 1.28. The van der Waals surface area contributed by atoms with Gasteiger partial charge in [-0.25, -0.2) is 9.78 Å². The molecule has 1 heterocycles. The van der Waals surface area contributed by atoms with E-state index in [9.17, 15) is 4.79 Å². The minimum Gasteiger partial charge on any atom is -0.477 e. The molecule has 0 aliphatic heterocycles. The number of aromatic nitrogens is 2. The molecule has 1 N–H and O–H groups in total. The van der Waals surface area contributed by atoms with Crippen molar-refractivity contribution < 1.29 is 9.90 Å². The van der Waals surface area contributed by atoms with Crippen LogP contribution in [0.5, 0.6) is 0 Å². The molecule has 60 valence electrons. The van der Waals surface area contributed by atoms with Crippen molar-refractivity contribution in [2.24, 2.45) is 7.05 Å². The van der Waals surface area contributed by atoms with Gasteiger partial charge in [0.1, 0.15) is 0 Å². The van der Waals surface area contributed by atoms with Crippen LogP contribution in [0.25, 0.3) is 0 Å². The fraction of sp³-hybridized carbons (Fsp3) is 0.333. The molecule has 0 atom stereocenters. The third-order valence-electron chi connectivity index (χ3n) is 1.42. The zero-order chi connectivity index (χ0) is 8.59. The lowest BCUT2D eigenvalue weighted by molar-refractivity contribution is 0.0685. The number of aryl methyl sites for hydroxylation is 1. The van der Waals surface area contributed by atoms with Crippen LogP contribution in [-0.4, -0.2) is 20.6 Å². The lowest BCUT2D eigenvalue weighted by Crippen LogP contribution is -2.05. The number of carbonyl (C=O) groups is 1. The van der Waals surface area contributed by atoms with Crippen LogP contribution in [0.2, 0.25) is 0 Å². The average molecular weight is 219 g/mol. The maximum atomic E-state index is 10.6. The van der Waals surface area contributed by atoms with Crippen LogP contribution in [0.15, 0.2) is 4.73 Å². The molecule has 1 rings (SSSR count). The van der Waals surface area contributed by atoms with Crippen molar-refractivity contribution in [1.29, 1.82) is 0 Å². The molecule has 0 spiro atoms. The second-order valence-electron chi connectivity index (χ2n) is 2.18. The van der Waals surface area contributed by atoms with E-state index in [1.807, 2.05) is 0 Å². The molecular formula is C6H7BrN2O2. The minimum atomic E-state index is -0.955. The van der Waals surface area contributed by atoms with Gasteiger partial charge in [-0.3, -0.25) is 0 Å². The molecule has 0 saturated heterocycles. The van der Waals surface area contributed by atoms with Crippen LogP contribution in [-0.2, 0) is 7.05 Å². The standard InChI is InChI=1S/C6H7BrN2O2/c1-3-4(5(10)11)9(2)6(7)8-3/h1-2H3,(H,10,11). The van der Waals surface area contributed by atoms with Gasteiger partial charge in [0.25, 0.3) is 0 Å². The number of nitrogens with zero attached hydrogens (tertiary/aromatic N) is 2. The molecular weight excluding hydrogens is 212 g/mol. The monoisotopic (exact) mass is 218 g/mol. The highest BCUT2D eigenvalue weighted by Gasteiger charge is 2.15. The van der Waals surface area contributed by atoms with E-state index < -0.39 is 5.97 Å². The number of imidazole rings is 1. The van der Waals surface area contributed by atoms with Gasteiger partial charge in [-0.2, -0.15) is 0 Å². The fourth-order valence-electron chi connectivity index (χ4n) is 0.900. The van der Waals surface area contributed by atoms with Crippen molar-refractivity contribution in [2.75, 3.05) is 0 Å². The molecule has 4 nitrogen and oxygen atoms in total. The summed E-state index contributed by atoms with van der Waals surface area (Å²) in [6.45, 7) is 1.66. The molecule has 1 aromatic rings. The van der Waals surface area contributed by atoms with Crippen LogP contribution in [0.1, 0.15) is 16.2 Å². The second kappa shape index (κ2) is 2.65. The van der Waals surface area contributed by atoms with Gasteiger partial charge in [-0.15, -0.1) is 0 Å². The Hall–Kier alpha value is -0.840. The Morgan fingerprint density at radius 2 is 2.27 bits per heavy atom. The van der Waals surface area contributed by atoms with Crippen molar-refractivity contribution in [2.45, 2.75) is 6.92 Å². The van der Waals surface area contributed by atoms with E-state index in [4.69, 9.17) is 5.11 Å². The molecule has 0 radical (unpaired) electrons. The molecule has 11 heavy (non-hydrogen) atoms. The van der Waals surface area contributed by atoms with Gasteiger partial charge in [0.2, 0.25) is 0 Å². The fourth-order valence-corrected chi connectivity index (χ4v) is 1.34. The van der Waals surface area contributed by atoms with Crippen LogP contribution >= 0.6 is 15.9 Å². The predicted molar refractivity (Wildman–Crippen MR) is 42.6 cm³/mol. The Kier molecular flexibility index (Phi) is 1.99. The minimum absolute atomic E-state index is 0.219. The first kappa shape index (κ1) is 8.26. The van der Waals surface area contributed by atoms with Crippen LogP contribution in [0.4, 0.5) is 0 Å². The zero-order valence-corrected chi connectivity index (χ0v) is 7.71. The largest absolute Gasteiger partial charge is 0.477 e. The molecule has 0 amide bonds. The molecule has 0 fully saturated rings. The van der Waals surface area contributed by atoms with Gasteiger partial charge in [0.15, 0.2) is 10.4 Å². The van der Waals surface area contributed by atoms with Gasteiger partial charge in [-0.05, 0) is 22.9 Å². The lowest BCUT2D eigenvalue weighted by Gasteiger charge is -1.96. The van der Waals surface area contributed by atoms with Crippen molar-refractivity contribution >= 4 is 21.9 Å². The van der Waals surface area contributed by atoms with Gasteiger partial charge in [0.05, 0.1) is 5.69 Å². The Bertz CT molecular complexity index is 306. The zero-order valence-electron chi connectivity index (χ0n) is 6.13. The van der Waals surface area contributed by atoms with Crippen molar-refractivity contribution in [3.8, 4) is 0 Å². The summed E-state index contributed by atoms with van der Waals surface area (Å²) >= 11 is 3.12. The Morgan fingerprint density at radius 1 is 1.73 bits per heavy atom. The molecule has 0 unspecified atom stereocenters. The third-order valence-corrected chi connectivity index (χ3v) is 2.13. The first-order chi connectivity index (χ1) is 5.04. The summed E-state index contributed by atoms with van der Waals surface area (Å²) in [5, 5.41) is 8.68. The smallest absolute Gasteiger partial charge is 0.354 e. The summed E-state index contributed by atoms with van der Waals surface area (Å²) < 4.78 is 2.02. The highest BCUT2D eigenvalue weighted by Crippen LogP contribution is 2.13. The van der Waals surface area contributed by atoms with Gasteiger partial charge in [-0.1, -0.05) is 0 Å². The molecule has 0 aliphatic carbocycles. The van der Waals surface area contributed by atoms with Crippen molar-refractivity contribution in [3.63, 3.8) is 0 Å². The van der Waals surface area contributed by atoms with E-state index in [0.29, 0.717) is 10.4 Å². The first-order valence-corrected chi connectivity index (χ1v) is 3.75. The summed E-state index contributed by atoms with van der Waals surface area (Å²) in [6.07, 6.45) is 0. The van der Waals surface area contributed by atoms with Crippen LogP contribution in [0.3, 0.4) is 0 Å². The summed E-state index contributed by atoms with van der Waals surface area (Å²) in [5.74, 6) is -0.955. The van der Waals surface area contributed by atoms with E-state index in [2.05, 4.69) is 20.9 Å². The van der Waals surface area contributed by atoms with Crippen molar-refractivity contribution in [3.05, 3.63) is 16.1 Å². The maximum absolute atomic E-state index is 10.6. The van der Waals surface area contributed by atoms with E-state index in [1.54, 1.807) is 14.0 Å². The van der Waals surface area contributed by atoms with Gasteiger partial charge < -0.3 is 9.67 Å². The van der Waals surface area contributed by atoms with E-state index in [1.165, 1.54) is 4.57 Å². The normalized spacial score (nSPS) is 10.1. The number of hydrogen-bond donors (Lipinski definition) is 1. The highest BCUT2D eigenvalue weighted by atomic mass is 79.9. The summed E-state index contributed by atoms with van der Waals surface area (Å²) in [5.41, 5.74) is 0.740. The number of hydrogen-bond acceptors (Lipinski definition) is 2. The van der Waals surface area contributed by atoms with E-state index in [-0.39, 0.29) is 5.69 Å². The molecule has 0 saturated carbocycles. The van der Waals surface area contributed by atoms with Crippen molar-refractivity contribution in [1.82, 2.24) is 9.55 Å². The molecule has 0 bridgehead atoms. The Balaban J connectivity index is 3.34. The number of rotatable bonds is 1. The Morgan fingerprint density at radius 3 is 2.45 bits per heavy atom. The van der Waals surface area contributed by atoms with Gasteiger partial charge >= 0.3 is 5.97 Å². The number of halogens is 1.